The maximum absolute atomic E-state index is 9.23. The molecule has 21 heavy (non-hydrogen) atoms. The largest absolute Gasteiger partial charge is 0.361 e. The number of hydrogen-bond donors (Lipinski definition) is 0. The van der Waals surface area contributed by atoms with Crippen LogP contribution in [0.15, 0.2) is 18.3 Å². The van der Waals surface area contributed by atoms with Gasteiger partial charge in [-0.25, -0.2) is 0 Å². The molecule has 0 atom stereocenters. The van der Waals surface area contributed by atoms with E-state index in [2.05, 4.69) is 25.7 Å². The van der Waals surface area contributed by atoms with Crippen LogP contribution in [0.5, 0.6) is 0 Å². The number of halogens is 1. The zero-order valence-electron chi connectivity index (χ0n) is 12.6. The predicted molar refractivity (Wildman–Crippen MR) is 91.2 cm³/mol. The molecule has 0 unspecified atom stereocenters. The molecule has 1 heterocycles. The van der Waals surface area contributed by atoms with Crippen LogP contribution in [0.2, 0.25) is 30.7 Å². The van der Waals surface area contributed by atoms with Crippen LogP contribution in [-0.2, 0) is 11.5 Å². The van der Waals surface area contributed by atoms with Gasteiger partial charge in [0.1, 0.15) is 20.6 Å². The van der Waals surface area contributed by atoms with E-state index in [1.165, 1.54) is 0 Å². The van der Waals surface area contributed by atoms with Gasteiger partial charge in [-0.1, -0.05) is 36.7 Å². The van der Waals surface area contributed by atoms with Crippen LogP contribution in [0, 0.1) is 11.3 Å². The highest BCUT2D eigenvalue weighted by Gasteiger charge is 2.14. The Balaban J connectivity index is 2.23. The van der Waals surface area contributed by atoms with Crippen molar-refractivity contribution < 1.29 is 4.74 Å². The molecular weight excluding hydrogens is 299 g/mol. The van der Waals surface area contributed by atoms with Gasteiger partial charge in [-0.2, -0.15) is 5.26 Å². The summed E-state index contributed by atoms with van der Waals surface area (Å²) in [5.74, 6) is 0. The lowest BCUT2D eigenvalue weighted by molar-refractivity contribution is 0.0903. The molecule has 0 aliphatic rings. The molecule has 0 spiro atoms. The summed E-state index contributed by atoms with van der Waals surface area (Å²) in [6, 6.07) is 6.75. The van der Waals surface area contributed by atoms with Gasteiger partial charge in [0.25, 0.3) is 0 Å². The van der Waals surface area contributed by atoms with Crippen molar-refractivity contribution in [3.05, 3.63) is 28.9 Å². The number of benzene rings is 1. The summed E-state index contributed by atoms with van der Waals surface area (Å²) >= 11 is 6.01. The maximum Gasteiger partial charge on any atom is 0.122 e. The van der Waals surface area contributed by atoms with Crippen molar-refractivity contribution >= 4 is 43.9 Å². The van der Waals surface area contributed by atoms with Gasteiger partial charge < -0.3 is 9.30 Å². The average molecular weight is 317 g/mol. The quantitative estimate of drug-likeness (QED) is 0.627. The van der Waals surface area contributed by atoms with E-state index in [9.17, 15) is 5.26 Å². The average Bonchev–Trinajstić information content (AvgIpc) is 2.71. The molecule has 0 aliphatic heterocycles. The first kappa shape index (κ1) is 16.2. The lowest BCUT2D eigenvalue weighted by Gasteiger charge is -2.16. The van der Waals surface area contributed by atoms with Crippen molar-refractivity contribution in [2.45, 2.75) is 32.4 Å². The number of nitriles is 1. The van der Waals surface area contributed by atoms with Gasteiger partial charge in [-0.3, -0.25) is 0 Å². The molecule has 1 aromatic heterocycles. The Kier molecular flexibility index (Phi) is 4.82. The normalized spacial score (nSPS) is 11.8. The molecule has 3 nitrogen and oxygen atoms in total. The first-order chi connectivity index (χ1) is 9.81. The molecule has 2 aromatic rings. The molecule has 108 valence electrons. The van der Waals surface area contributed by atoms with Crippen molar-refractivity contribution in [3.63, 3.8) is 0 Å². The minimum Gasteiger partial charge on any atom is -0.361 e. The molecule has 0 bridgehead atoms. The van der Waals surface area contributed by atoms with E-state index in [1.807, 2.05) is 4.57 Å². The van der Waals surface area contributed by atoms with Crippen LogP contribution in [0.3, 0.4) is 0 Å². The second-order valence-electron chi connectivity index (χ2n) is 6.36. The van der Waals surface area contributed by atoms with E-state index < -0.39 is 8.07 Å². The third-order valence-corrected chi connectivity index (χ3v) is 5.24. The first-order valence-electron chi connectivity index (χ1n) is 6.87. The highest BCUT2D eigenvalue weighted by Crippen LogP contribution is 2.23. The van der Waals surface area contributed by atoms with E-state index in [-0.39, 0.29) is 0 Å². The molecule has 0 amide bonds. The summed E-state index contributed by atoms with van der Waals surface area (Å²) in [5.41, 5.74) is 1.93. The third kappa shape index (κ3) is 3.91. The summed E-state index contributed by atoms with van der Waals surface area (Å²) in [4.78, 5) is 0. The monoisotopic (exact) mass is 316 g/mol. The van der Waals surface area contributed by atoms with E-state index in [0.29, 0.717) is 22.8 Å². The Morgan fingerprint density at radius 1 is 1.38 bits per heavy atom. The van der Waals surface area contributed by atoms with Crippen molar-refractivity contribution in [3.8, 4) is 6.07 Å². The number of hydrogen-bond acceptors (Lipinski definition) is 2. The predicted octanol–water partition coefficient (Wildman–Crippen LogP) is 3.27. The minimum atomic E-state index is -1.10. The van der Waals surface area contributed by atoms with E-state index >= 15 is 0 Å². The summed E-state index contributed by atoms with van der Waals surface area (Å²) in [7, 11) is 4.94. The number of fused-ring (bicyclic) bond motifs is 1. The summed E-state index contributed by atoms with van der Waals surface area (Å²) < 4.78 is 7.63. The van der Waals surface area contributed by atoms with Crippen molar-refractivity contribution in [1.29, 1.82) is 5.26 Å². The molecular formula is C15H18BClN2OSi. The third-order valence-electron chi connectivity index (χ3n) is 3.31. The maximum atomic E-state index is 9.23. The van der Waals surface area contributed by atoms with E-state index in [1.54, 1.807) is 18.3 Å². The van der Waals surface area contributed by atoms with Gasteiger partial charge in [-0.05, 0) is 18.2 Å². The Bertz CT molecular complexity index is 700. The van der Waals surface area contributed by atoms with Crippen LogP contribution in [0.1, 0.15) is 5.56 Å². The molecule has 0 saturated carbocycles. The first-order valence-corrected chi connectivity index (χ1v) is 11.0. The molecule has 1 aromatic carbocycles. The number of aromatic nitrogens is 1. The van der Waals surface area contributed by atoms with Crippen molar-refractivity contribution in [2.24, 2.45) is 0 Å². The van der Waals surface area contributed by atoms with Crippen LogP contribution in [0.25, 0.3) is 10.9 Å². The molecule has 2 rings (SSSR count). The molecule has 0 N–H and O–H groups in total. The molecule has 0 saturated heterocycles. The standard InChI is InChI=1S/C15H18BClN2OSi/c1-21(2,3)5-4-20-10-19-9-11(8-18)13-6-12(17)7-14(16)15(13)19/h6-7,9H,4-5,10H2,1-3H3. The fraction of sp³-hybridized carbons (Fsp3) is 0.400. The molecule has 6 heteroatoms. The fourth-order valence-corrected chi connectivity index (χ4v) is 3.15. The zero-order chi connectivity index (χ0) is 15.6. The smallest absolute Gasteiger partial charge is 0.122 e. The van der Waals surface area contributed by atoms with E-state index in [0.717, 1.165) is 23.6 Å². The SMILES string of the molecule is [B]c1cc(Cl)cc2c(C#N)cn(COCC[Si](C)(C)C)c12. The Hall–Kier alpha value is -1.22. The fourth-order valence-electron chi connectivity index (χ4n) is 2.17. The lowest BCUT2D eigenvalue weighted by Crippen LogP contribution is -2.22. The zero-order valence-corrected chi connectivity index (χ0v) is 14.4. The van der Waals surface area contributed by atoms with Crippen molar-refractivity contribution in [2.75, 3.05) is 6.61 Å². The van der Waals surface area contributed by atoms with Gasteiger partial charge in [0.15, 0.2) is 0 Å². The lowest BCUT2D eigenvalue weighted by atomic mass is 9.93. The second kappa shape index (κ2) is 6.27. The van der Waals surface area contributed by atoms with Gasteiger partial charge in [-0.15, -0.1) is 0 Å². The molecule has 0 fully saturated rings. The molecule has 2 radical (unpaired) electrons. The van der Waals surface area contributed by atoms with Crippen LogP contribution in [0.4, 0.5) is 0 Å². The Labute approximate surface area is 132 Å². The minimum absolute atomic E-state index is 0.397. The Morgan fingerprint density at radius 3 is 2.71 bits per heavy atom. The highest BCUT2D eigenvalue weighted by atomic mass is 35.5. The highest BCUT2D eigenvalue weighted by molar-refractivity contribution is 6.76. The summed E-state index contributed by atoms with van der Waals surface area (Å²) in [6.45, 7) is 8.07. The summed E-state index contributed by atoms with van der Waals surface area (Å²) in [6.07, 6.45) is 1.77. The van der Waals surface area contributed by atoms with Gasteiger partial charge in [0, 0.05) is 36.8 Å². The van der Waals surface area contributed by atoms with Gasteiger partial charge in [0.05, 0.1) is 5.56 Å². The Morgan fingerprint density at radius 2 is 2.10 bits per heavy atom. The summed E-state index contributed by atoms with van der Waals surface area (Å²) in [5, 5.41) is 10.5. The van der Waals surface area contributed by atoms with Crippen LogP contribution < -0.4 is 5.46 Å². The van der Waals surface area contributed by atoms with Crippen LogP contribution in [-0.4, -0.2) is 27.1 Å². The van der Waals surface area contributed by atoms with Gasteiger partial charge in [0.2, 0.25) is 0 Å². The topological polar surface area (TPSA) is 38.0 Å². The van der Waals surface area contributed by atoms with Gasteiger partial charge >= 0.3 is 0 Å². The van der Waals surface area contributed by atoms with E-state index in [4.69, 9.17) is 24.2 Å². The number of ether oxygens (including phenoxy) is 1. The number of rotatable bonds is 5. The second-order valence-corrected chi connectivity index (χ2v) is 12.4. The van der Waals surface area contributed by atoms with Crippen molar-refractivity contribution in [1.82, 2.24) is 4.57 Å². The number of nitrogens with zero attached hydrogens (tertiary/aromatic N) is 2. The molecule has 0 aliphatic carbocycles. The van der Waals surface area contributed by atoms with Crippen LogP contribution >= 0.6 is 11.6 Å².